The number of benzene rings is 2. The molecule has 0 unspecified atom stereocenters. The van der Waals surface area contributed by atoms with Crippen LogP contribution in [0.25, 0.3) is 11.4 Å². The maximum Gasteiger partial charge on any atom is 0.241 e. The van der Waals surface area contributed by atoms with Gasteiger partial charge in [-0.2, -0.15) is 4.98 Å². The van der Waals surface area contributed by atoms with Crippen LogP contribution < -0.4 is 9.47 Å². The third-order valence-electron chi connectivity index (χ3n) is 3.89. The average molecular weight is 353 g/mol. The van der Waals surface area contributed by atoms with E-state index < -0.39 is 0 Å². The minimum Gasteiger partial charge on any atom is -0.497 e. The topological polar surface area (TPSA) is 60.6 Å². The van der Waals surface area contributed by atoms with Gasteiger partial charge in [0.15, 0.2) is 0 Å². The van der Waals surface area contributed by atoms with E-state index in [4.69, 9.17) is 14.0 Å². The Morgan fingerprint density at radius 1 is 1.04 bits per heavy atom. The van der Waals surface area contributed by atoms with Crippen molar-refractivity contribution in [3.8, 4) is 22.9 Å². The van der Waals surface area contributed by atoms with Gasteiger partial charge in [-0.15, -0.1) is 0 Å². The number of nitrogens with zero attached hydrogens (tertiary/aromatic N) is 3. The molecule has 1 heterocycles. The summed E-state index contributed by atoms with van der Waals surface area (Å²) in [5.41, 5.74) is 2.07. The van der Waals surface area contributed by atoms with Crippen LogP contribution in [0.3, 0.4) is 0 Å². The second-order valence-electron chi connectivity index (χ2n) is 5.99. The Kier molecular flexibility index (Phi) is 5.86. The van der Waals surface area contributed by atoms with Gasteiger partial charge in [0.1, 0.15) is 11.5 Å². The lowest BCUT2D eigenvalue weighted by Crippen LogP contribution is -2.17. The largest absolute Gasteiger partial charge is 0.497 e. The number of hydrogen-bond donors (Lipinski definition) is 0. The van der Waals surface area contributed by atoms with E-state index in [9.17, 15) is 0 Å². The summed E-state index contributed by atoms with van der Waals surface area (Å²) in [7, 11) is 3.66. The third kappa shape index (κ3) is 4.61. The summed E-state index contributed by atoms with van der Waals surface area (Å²) in [6.07, 6.45) is 0. The predicted octanol–water partition coefficient (Wildman–Crippen LogP) is 3.78. The average Bonchev–Trinajstić information content (AvgIpc) is 3.12. The van der Waals surface area contributed by atoms with E-state index in [2.05, 4.69) is 27.2 Å². The Labute approximate surface area is 153 Å². The fourth-order valence-corrected chi connectivity index (χ4v) is 2.65. The smallest absolute Gasteiger partial charge is 0.241 e. The van der Waals surface area contributed by atoms with Crippen molar-refractivity contribution in [2.24, 2.45) is 0 Å². The zero-order valence-corrected chi connectivity index (χ0v) is 15.3. The van der Waals surface area contributed by atoms with Crippen LogP contribution in [-0.4, -0.2) is 35.8 Å². The molecule has 0 atom stereocenters. The molecule has 0 saturated carbocycles. The first-order chi connectivity index (χ1) is 12.7. The molecule has 0 aliphatic carbocycles. The van der Waals surface area contributed by atoms with Crippen LogP contribution in [0.1, 0.15) is 18.4 Å². The SMILES string of the molecule is CCOc1ccc(CN(C)Cc2nc(-c3cccc(OC)c3)no2)cc1. The van der Waals surface area contributed by atoms with Gasteiger partial charge in [-0.1, -0.05) is 29.4 Å². The highest BCUT2D eigenvalue weighted by atomic mass is 16.5. The second-order valence-corrected chi connectivity index (χ2v) is 5.99. The zero-order chi connectivity index (χ0) is 18.4. The normalized spacial score (nSPS) is 10.9. The summed E-state index contributed by atoms with van der Waals surface area (Å²) >= 11 is 0. The van der Waals surface area contributed by atoms with E-state index in [0.717, 1.165) is 23.6 Å². The molecule has 0 saturated heterocycles. The van der Waals surface area contributed by atoms with E-state index in [1.807, 2.05) is 50.4 Å². The van der Waals surface area contributed by atoms with Gasteiger partial charge in [-0.3, -0.25) is 4.90 Å². The van der Waals surface area contributed by atoms with Gasteiger partial charge in [0.05, 0.1) is 20.3 Å². The van der Waals surface area contributed by atoms with Gasteiger partial charge in [0.25, 0.3) is 0 Å². The number of ether oxygens (including phenoxy) is 2. The molecule has 0 bridgehead atoms. The quantitative estimate of drug-likeness (QED) is 0.614. The molecule has 0 aliphatic heterocycles. The van der Waals surface area contributed by atoms with Crippen LogP contribution in [0.5, 0.6) is 11.5 Å². The van der Waals surface area contributed by atoms with E-state index in [1.165, 1.54) is 5.56 Å². The minimum atomic E-state index is 0.563. The maximum atomic E-state index is 5.47. The van der Waals surface area contributed by atoms with Crippen molar-refractivity contribution in [3.05, 3.63) is 60.0 Å². The predicted molar refractivity (Wildman–Crippen MR) is 99.1 cm³/mol. The molecule has 6 heteroatoms. The molecule has 0 radical (unpaired) electrons. The molecule has 26 heavy (non-hydrogen) atoms. The summed E-state index contributed by atoms with van der Waals surface area (Å²) in [4.78, 5) is 6.60. The van der Waals surface area contributed by atoms with Crippen molar-refractivity contribution in [2.45, 2.75) is 20.0 Å². The summed E-state index contributed by atoms with van der Waals surface area (Å²) in [5, 5.41) is 4.07. The van der Waals surface area contributed by atoms with Gasteiger partial charge in [0, 0.05) is 12.1 Å². The minimum absolute atomic E-state index is 0.563. The first-order valence-electron chi connectivity index (χ1n) is 8.55. The summed E-state index contributed by atoms with van der Waals surface area (Å²) < 4.78 is 16.1. The number of methoxy groups -OCH3 is 1. The van der Waals surface area contributed by atoms with Crippen molar-refractivity contribution >= 4 is 0 Å². The van der Waals surface area contributed by atoms with Crippen molar-refractivity contribution in [2.75, 3.05) is 20.8 Å². The lowest BCUT2D eigenvalue weighted by atomic mass is 10.2. The van der Waals surface area contributed by atoms with Crippen LogP contribution in [0, 0.1) is 0 Å². The van der Waals surface area contributed by atoms with Gasteiger partial charge in [-0.05, 0) is 43.8 Å². The Morgan fingerprint density at radius 3 is 2.58 bits per heavy atom. The number of hydrogen-bond acceptors (Lipinski definition) is 6. The first-order valence-corrected chi connectivity index (χ1v) is 8.55. The molecule has 3 aromatic rings. The van der Waals surface area contributed by atoms with E-state index in [-0.39, 0.29) is 0 Å². The molecule has 2 aromatic carbocycles. The summed E-state index contributed by atoms with van der Waals surface area (Å²) in [6.45, 7) is 4.01. The van der Waals surface area contributed by atoms with Crippen LogP contribution in [0.15, 0.2) is 53.1 Å². The molecular weight excluding hydrogens is 330 g/mol. The fraction of sp³-hybridized carbons (Fsp3) is 0.300. The second kappa shape index (κ2) is 8.49. The highest BCUT2D eigenvalue weighted by Gasteiger charge is 2.12. The van der Waals surface area contributed by atoms with Gasteiger partial charge < -0.3 is 14.0 Å². The van der Waals surface area contributed by atoms with E-state index in [1.54, 1.807) is 7.11 Å². The maximum absolute atomic E-state index is 5.47. The van der Waals surface area contributed by atoms with Crippen molar-refractivity contribution < 1.29 is 14.0 Å². The molecule has 0 fully saturated rings. The van der Waals surface area contributed by atoms with Crippen molar-refractivity contribution in [1.29, 1.82) is 0 Å². The van der Waals surface area contributed by atoms with Crippen LogP contribution in [0.4, 0.5) is 0 Å². The Hall–Kier alpha value is -2.86. The lowest BCUT2D eigenvalue weighted by Gasteiger charge is -2.14. The van der Waals surface area contributed by atoms with Crippen molar-refractivity contribution in [1.82, 2.24) is 15.0 Å². The number of rotatable bonds is 8. The lowest BCUT2D eigenvalue weighted by molar-refractivity contribution is 0.260. The monoisotopic (exact) mass is 353 g/mol. The van der Waals surface area contributed by atoms with E-state index >= 15 is 0 Å². The fourth-order valence-electron chi connectivity index (χ4n) is 2.65. The molecule has 6 nitrogen and oxygen atoms in total. The molecule has 0 amide bonds. The molecule has 0 aliphatic rings. The van der Waals surface area contributed by atoms with Gasteiger partial charge in [0.2, 0.25) is 11.7 Å². The highest BCUT2D eigenvalue weighted by Crippen LogP contribution is 2.21. The van der Waals surface area contributed by atoms with Crippen LogP contribution in [-0.2, 0) is 13.1 Å². The van der Waals surface area contributed by atoms with Crippen molar-refractivity contribution in [3.63, 3.8) is 0 Å². The summed E-state index contributed by atoms with van der Waals surface area (Å²) in [6, 6.07) is 15.7. The highest BCUT2D eigenvalue weighted by molar-refractivity contribution is 5.56. The Balaban J connectivity index is 1.61. The van der Waals surface area contributed by atoms with Crippen LogP contribution >= 0.6 is 0 Å². The van der Waals surface area contributed by atoms with Crippen LogP contribution in [0.2, 0.25) is 0 Å². The zero-order valence-electron chi connectivity index (χ0n) is 15.3. The molecule has 1 aromatic heterocycles. The molecule has 136 valence electrons. The Morgan fingerprint density at radius 2 is 1.85 bits per heavy atom. The third-order valence-corrected chi connectivity index (χ3v) is 3.89. The molecular formula is C20H23N3O3. The van der Waals surface area contributed by atoms with Gasteiger partial charge >= 0.3 is 0 Å². The molecule has 0 N–H and O–H groups in total. The van der Waals surface area contributed by atoms with Gasteiger partial charge in [-0.25, -0.2) is 0 Å². The number of aromatic nitrogens is 2. The first kappa shape index (κ1) is 17.9. The Bertz CT molecular complexity index is 830. The standard InChI is InChI=1S/C20H23N3O3/c1-4-25-17-10-8-15(9-11-17)13-23(2)14-19-21-20(22-26-19)16-6-5-7-18(12-16)24-3/h5-12H,4,13-14H2,1-3H3. The molecule has 0 spiro atoms. The van der Waals surface area contributed by atoms with E-state index in [0.29, 0.717) is 24.9 Å². The molecule has 3 rings (SSSR count). The summed E-state index contributed by atoms with van der Waals surface area (Å²) in [5.74, 6) is 2.80.